The number of carbonyl (C=O) groups is 1. The second-order valence-corrected chi connectivity index (χ2v) is 3.64. The van der Waals surface area contributed by atoms with E-state index in [1.807, 2.05) is 0 Å². The molecule has 68 valence electrons. The van der Waals surface area contributed by atoms with Gasteiger partial charge in [0.15, 0.2) is 0 Å². The Balaban J connectivity index is 3.91. The molecule has 0 aromatic carbocycles. The Morgan fingerprint density at radius 3 is 2.58 bits per heavy atom. The number of carbonyl (C=O) groups excluding carboxylic acids is 1. The minimum atomic E-state index is -4.75. The van der Waals surface area contributed by atoms with Crippen molar-refractivity contribution < 1.29 is 23.9 Å². The highest BCUT2D eigenvalue weighted by Crippen LogP contribution is 2.36. The summed E-state index contributed by atoms with van der Waals surface area (Å²) in [5.74, 6) is 1.89. The summed E-state index contributed by atoms with van der Waals surface area (Å²) in [5, 5.41) is 0. The fraction of sp³-hybridized carbons (Fsp3) is 0.500. The van der Waals surface area contributed by atoms with Crippen LogP contribution in [0.4, 0.5) is 4.79 Å². The van der Waals surface area contributed by atoms with Gasteiger partial charge in [-0.3, -0.25) is 0 Å². The maximum absolute atomic E-state index is 10.4. The SMILES string of the molecule is C#CC(C)COC(=O)P(=O)(O)O. The lowest BCUT2D eigenvalue weighted by atomic mass is 10.2. The molecule has 0 radical (unpaired) electrons. The second-order valence-electron chi connectivity index (χ2n) is 2.19. The molecule has 5 nitrogen and oxygen atoms in total. The van der Waals surface area contributed by atoms with E-state index in [1.165, 1.54) is 0 Å². The molecule has 0 aliphatic carbocycles. The van der Waals surface area contributed by atoms with Crippen LogP contribution in [0, 0.1) is 18.3 Å². The topological polar surface area (TPSA) is 83.8 Å². The third-order valence-electron chi connectivity index (χ3n) is 0.979. The first kappa shape index (κ1) is 11.2. The Labute approximate surface area is 69.9 Å². The molecule has 12 heavy (non-hydrogen) atoms. The minimum absolute atomic E-state index is 0.180. The summed E-state index contributed by atoms with van der Waals surface area (Å²) in [6, 6.07) is 0. The molecule has 0 bridgehead atoms. The van der Waals surface area contributed by atoms with E-state index in [4.69, 9.17) is 16.2 Å². The highest BCUT2D eigenvalue weighted by Gasteiger charge is 2.27. The number of rotatable bonds is 3. The van der Waals surface area contributed by atoms with E-state index >= 15 is 0 Å². The van der Waals surface area contributed by atoms with Gasteiger partial charge in [-0.15, -0.1) is 12.3 Å². The zero-order chi connectivity index (χ0) is 9.78. The van der Waals surface area contributed by atoms with E-state index in [0.717, 1.165) is 0 Å². The highest BCUT2D eigenvalue weighted by atomic mass is 31.2. The summed E-state index contributed by atoms with van der Waals surface area (Å²) >= 11 is 0. The van der Waals surface area contributed by atoms with Crippen LogP contribution < -0.4 is 0 Å². The molecule has 0 spiro atoms. The van der Waals surface area contributed by atoms with Crippen LogP contribution in [0.3, 0.4) is 0 Å². The van der Waals surface area contributed by atoms with Crippen LogP contribution in [-0.4, -0.2) is 22.1 Å². The summed E-state index contributed by atoms with van der Waals surface area (Å²) in [6.07, 6.45) is 4.93. The fourth-order valence-electron chi connectivity index (χ4n) is 0.328. The normalized spacial score (nSPS) is 13.2. The number of terminal acetylenes is 1. The van der Waals surface area contributed by atoms with Crippen LogP contribution in [0.15, 0.2) is 0 Å². The van der Waals surface area contributed by atoms with Crippen molar-refractivity contribution in [3.8, 4) is 12.3 Å². The molecule has 0 aromatic heterocycles. The Kier molecular flexibility index (Phi) is 3.98. The van der Waals surface area contributed by atoms with E-state index in [9.17, 15) is 9.36 Å². The third kappa shape index (κ3) is 4.14. The van der Waals surface area contributed by atoms with Crippen LogP contribution in [0.2, 0.25) is 0 Å². The van der Waals surface area contributed by atoms with Crippen LogP contribution in [0.5, 0.6) is 0 Å². The first-order valence-corrected chi connectivity index (χ1v) is 4.68. The molecule has 0 rings (SSSR count). The van der Waals surface area contributed by atoms with Gasteiger partial charge in [-0.1, -0.05) is 0 Å². The van der Waals surface area contributed by atoms with Crippen molar-refractivity contribution in [1.82, 2.24) is 0 Å². The molecule has 0 aliphatic heterocycles. The molecule has 1 unspecified atom stereocenters. The summed E-state index contributed by atoms with van der Waals surface area (Å²) in [6.45, 7) is 1.41. The van der Waals surface area contributed by atoms with Gasteiger partial charge in [-0.25, -0.2) is 9.36 Å². The Morgan fingerprint density at radius 2 is 2.25 bits per heavy atom. The van der Waals surface area contributed by atoms with E-state index in [2.05, 4.69) is 10.7 Å². The van der Waals surface area contributed by atoms with Crippen molar-refractivity contribution in [3.05, 3.63) is 0 Å². The first-order chi connectivity index (χ1) is 5.38. The summed E-state index contributed by atoms with van der Waals surface area (Å²) in [4.78, 5) is 26.9. The monoisotopic (exact) mass is 192 g/mol. The lowest BCUT2D eigenvalue weighted by Gasteiger charge is -2.06. The lowest BCUT2D eigenvalue weighted by molar-refractivity contribution is 0.155. The molecular weight excluding hydrogens is 183 g/mol. The molecule has 0 aromatic rings. The van der Waals surface area contributed by atoms with Crippen molar-refractivity contribution in [3.63, 3.8) is 0 Å². The molecule has 0 saturated carbocycles. The molecule has 2 N–H and O–H groups in total. The predicted molar refractivity (Wildman–Crippen MR) is 41.4 cm³/mol. The van der Waals surface area contributed by atoms with Gasteiger partial charge in [-0.05, 0) is 6.92 Å². The van der Waals surface area contributed by atoms with Crippen LogP contribution in [0.25, 0.3) is 0 Å². The average Bonchev–Trinajstić information content (AvgIpc) is 1.97. The zero-order valence-corrected chi connectivity index (χ0v) is 7.32. The van der Waals surface area contributed by atoms with E-state index in [0.29, 0.717) is 0 Å². The molecule has 0 aliphatic rings. The number of hydrogen-bond acceptors (Lipinski definition) is 3. The molecule has 1 atom stereocenters. The smallest absolute Gasteiger partial charge is 0.433 e. The van der Waals surface area contributed by atoms with Gasteiger partial charge in [0.25, 0.3) is 0 Å². The van der Waals surface area contributed by atoms with Crippen LogP contribution in [0.1, 0.15) is 6.92 Å². The standard InChI is InChI=1S/C6H9O5P/c1-3-5(2)4-11-6(7)12(8,9)10/h1,5H,4H2,2H3,(H2,8,9,10). The number of ether oxygens (including phenoxy) is 1. The Morgan fingerprint density at radius 1 is 1.75 bits per heavy atom. The van der Waals surface area contributed by atoms with Crippen molar-refractivity contribution in [2.75, 3.05) is 6.61 Å². The predicted octanol–water partition coefficient (Wildman–Crippen LogP) is 0.570. The third-order valence-corrected chi connectivity index (χ3v) is 1.58. The van der Waals surface area contributed by atoms with E-state index in [1.54, 1.807) is 6.92 Å². The maximum Gasteiger partial charge on any atom is 0.433 e. The largest absolute Gasteiger partial charge is 0.455 e. The Hall–Kier alpha value is -0.820. The summed E-state index contributed by atoms with van der Waals surface area (Å²) in [5.41, 5.74) is -1.54. The van der Waals surface area contributed by atoms with Crippen molar-refractivity contribution in [1.29, 1.82) is 0 Å². The van der Waals surface area contributed by atoms with Gasteiger partial charge < -0.3 is 14.5 Å². The van der Waals surface area contributed by atoms with E-state index < -0.39 is 13.3 Å². The summed E-state index contributed by atoms with van der Waals surface area (Å²) < 4.78 is 14.4. The van der Waals surface area contributed by atoms with Crippen LogP contribution >= 0.6 is 7.60 Å². The van der Waals surface area contributed by atoms with Crippen LogP contribution in [-0.2, 0) is 9.30 Å². The van der Waals surface area contributed by atoms with E-state index in [-0.39, 0.29) is 12.5 Å². The molecule has 0 amide bonds. The quantitative estimate of drug-likeness (QED) is 0.504. The van der Waals surface area contributed by atoms with Gasteiger partial charge in [-0.2, -0.15) is 0 Å². The second kappa shape index (κ2) is 4.27. The minimum Gasteiger partial charge on any atom is -0.455 e. The molecule has 0 fully saturated rings. The summed E-state index contributed by atoms with van der Waals surface area (Å²) in [7, 11) is -4.75. The highest BCUT2D eigenvalue weighted by molar-refractivity contribution is 7.69. The number of hydrogen-bond donors (Lipinski definition) is 2. The zero-order valence-electron chi connectivity index (χ0n) is 6.43. The van der Waals surface area contributed by atoms with Crippen molar-refractivity contribution >= 4 is 13.3 Å². The molecule has 6 heteroatoms. The van der Waals surface area contributed by atoms with Gasteiger partial charge in [0.1, 0.15) is 6.61 Å². The van der Waals surface area contributed by atoms with Gasteiger partial charge in [0.2, 0.25) is 0 Å². The van der Waals surface area contributed by atoms with Gasteiger partial charge in [0, 0.05) is 0 Å². The van der Waals surface area contributed by atoms with Crippen molar-refractivity contribution in [2.24, 2.45) is 5.92 Å². The average molecular weight is 192 g/mol. The maximum atomic E-state index is 10.4. The first-order valence-electron chi connectivity index (χ1n) is 3.07. The Bertz CT molecular complexity index is 247. The van der Waals surface area contributed by atoms with Gasteiger partial charge >= 0.3 is 13.3 Å². The fourth-order valence-corrected chi connectivity index (χ4v) is 0.571. The molecular formula is C6H9O5P. The lowest BCUT2D eigenvalue weighted by Crippen LogP contribution is -2.09. The van der Waals surface area contributed by atoms with Crippen molar-refractivity contribution in [2.45, 2.75) is 6.92 Å². The molecule has 0 saturated heterocycles. The molecule has 0 heterocycles. The van der Waals surface area contributed by atoms with Gasteiger partial charge in [0.05, 0.1) is 5.92 Å².